The highest BCUT2D eigenvalue weighted by molar-refractivity contribution is 8.17. The van der Waals surface area contributed by atoms with E-state index < -0.39 is 0 Å². The maximum atomic E-state index is 6.38. The third kappa shape index (κ3) is 2.72. The molecule has 2 atom stereocenters. The van der Waals surface area contributed by atoms with Gasteiger partial charge in [0.05, 0.1) is 18.3 Å². The van der Waals surface area contributed by atoms with Gasteiger partial charge >= 0.3 is 0 Å². The number of hydrogen-bond acceptors (Lipinski definition) is 6. The van der Waals surface area contributed by atoms with Crippen molar-refractivity contribution < 1.29 is 14.2 Å². The molecule has 0 N–H and O–H groups in total. The maximum absolute atomic E-state index is 6.38. The van der Waals surface area contributed by atoms with E-state index in [-0.39, 0.29) is 17.5 Å². The van der Waals surface area contributed by atoms with Gasteiger partial charge in [0.2, 0.25) is 0 Å². The first-order chi connectivity index (χ1) is 16.5. The number of fused-ring (bicyclic) bond motifs is 7. The van der Waals surface area contributed by atoms with Crippen LogP contribution in [0.25, 0.3) is 16.5 Å². The lowest BCUT2D eigenvalue weighted by molar-refractivity contribution is 0.0750. The number of rotatable bonds is 1. The molecule has 34 heavy (non-hydrogen) atoms. The van der Waals surface area contributed by atoms with Crippen molar-refractivity contribution in [2.24, 2.45) is 10.9 Å². The van der Waals surface area contributed by atoms with Gasteiger partial charge in [-0.3, -0.25) is 4.99 Å². The largest absolute Gasteiger partial charge is 0.493 e. The van der Waals surface area contributed by atoms with Crippen molar-refractivity contribution in [1.29, 1.82) is 0 Å². The summed E-state index contributed by atoms with van der Waals surface area (Å²) in [6, 6.07) is 19.0. The van der Waals surface area contributed by atoms with Gasteiger partial charge in [-0.05, 0) is 49.7 Å². The van der Waals surface area contributed by atoms with Gasteiger partial charge in [-0.25, -0.2) is 0 Å². The Bertz CT molecular complexity index is 1410. The van der Waals surface area contributed by atoms with Crippen LogP contribution in [-0.2, 0) is 0 Å². The van der Waals surface area contributed by atoms with Gasteiger partial charge in [0, 0.05) is 27.5 Å². The van der Waals surface area contributed by atoms with Gasteiger partial charge in [0.15, 0.2) is 16.7 Å². The molecule has 0 aliphatic carbocycles. The Labute approximate surface area is 203 Å². The molecule has 4 heterocycles. The highest BCUT2D eigenvalue weighted by Crippen LogP contribution is 2.57. The Balaban J connectivity index is 1.40. The highest BCUT2D eigenvalue weighted by Gasteiger charge is 2.53. The predicted octanol–water partition coefficient (Wildman–Crippen LogP) is 6.25. The van der Waals surface area contributed by atoms with Gasteiger partial charge < -0.3 is 19.1 Å². The lowest BCUT2D eigenvalue weighted by Gasteiger charge is -2.51. The van der Waals surface area contributed by atoms with E-state index in [1.807, 2.05) is 6.07 Å². The molecule has 0 bridgehead atoms. The molecule has 0 radical (unpaired) electrons. The standard InChI is InChI=1S/C28H26N2O3S/c1-16-25(19-9-6-10-22-26(19)32-14-13-31-22)30-27(34-16)29-24-20(28(30,2)3)15-33-21-12-11-17-7-4-5-8-18(17)23(21)24/h4-12,20,24H,13-15H2,1-3H3/t20-,24-/m0/s1. The first-order valence-corrected chi connectivity index (χ1v) is 12.7. The predicted molar refractivity (Wildman–Crippen MR) is 137 cm³/mol. The Hall–Kier alpha value is -3.12. The first-order valence-electron chi connectivity index (χ1n) is 11.8. The van der Waals surface area contributed by atoms with Crippen molar-refractivity contribution >= 4 is 33.4 Å². The van der Waals surface area contributed by atoms with Crippen LogP contribution >= 0.6 is 11.8 Å². The molecule has 172 valence electrons. The summed E-state index contributed by atoms with van der Waals surface area (Å²) in [5.41, 5.74) is 3.24. The van der Waals surface area contributed by atoms with Crippen molar-refractivity contribution in [2.45, 2.75) is 32.4 Å². The van der Waals surface area contributed by atoms with Gasteiger partial charge in [-0.15, -0.1) is 0 Å². The van der Waals surface area contributed by atoms with Crippen molar-refractivity contribution in [1.82, 2.24) is 4.90 Å². The molecular weight excluding hydrogens is 444 g/mol. The van der Waals surface area contributed by atoms with Crippen molar-refractivity contribution in [3.05, 3.63) is 70.6 Å². The van der Waals surface area contributed by atoms with E-state index in [0.29, 0.717) is 19.8 Å². The molecule has 0 spiro atoms. The molecule has 3 aromatic rings. The second kappa shape index (κ2) is 7.19. The molecule has 0 saturated carbocycles. The Morgan fingerprint density at radius 1 is 0.941 bits per heavy atom. The molecule has 7 rings (SSSR count). The summed E-state index contributed by atoms with van der Waals surface area (Å²) >= 11 is 1.76. The van der Waals surface area contributed by atoms with Gasteiger partial charge in [0.25, 0.3) is 0 Å². The molecule has 3 aromatic carbocycles. The zero-order chi connectivity index (χ0) is 23.0. The minimum absolute atomic E-state index is 0.0556. The highest BCUT2D eigenvalue weighted by atomic mass is 32.2. The zero-order valence-electron chi connectivity index (χ0n) is 19.5. The average molecular weight is 471 g/mol. The fourth-order valence-corrected chi connectivity index (χ4v) is 7.04. The van der Waals surface area contributed by atoms with Gasteiger partial charge in [-0.2, -0.15) is 0 Å². The van der Waals surface area contributed by atoms with Gasteiger partial charge in [-0.1, -0.05) is 48.2 Å². The third-order valence-corrected chi connectivity index (χ3v) is 8.54. The average Bonchev–Trinajstić information content (AvgIpc) is 3.19. The monoisotopic (exact) mass is 470 g/mol. The number of ether oxygens (including phenoxy) is 3. The van der Waals surface area contributed by atoms with E-state index in [9.17, 15) is 0 Å². The molecule has 0 fully saturated rings. The van der Waals surface area contributed by atoms with Crippen LogP contribution in [0.4, 0.5) is 0 Å². The quantitative estimate of drug-likeness (QED) is 0.421. The normalized spacial score (nSPS) is 24.2. The number of hydrogen-bond donors (Lipinski definition) is 0. The second-order valence-electron chi connectivity index (χ2n) is 9.80. The molecule has 5 nitrogen and oxygen atoms in total. The Kier molecular flexibility index (Phi) is 4.29. The fraction of sp³-hybridized carbons (Fsp3) is 0.321. The van der Waals surface area contributed by atoms with E-state index >= 15 is 0 Å². The lowest BCUT2D eigenvalue weighted by Crippen LogP contribution is -2.56. The maximum Gasteiger partial charge on any atom is 0.170 e. The van der Waals surface area contributed by atoms with Crippen LogP contribution in [0.3, 0.4) is 0 Å². The number of aliphatic imine (C=N–C) groups is 1. The van der Waals surface area contributed by atoms with Crippen LogP contribution in [0.1, 0.15) is 37.9 Å². The molecule has 0 unspecified atom stereocenters. The zero-order valence-corrected chi connectivity index (χ0v) is 20.3. The van der Waals surface area contributed by atoms with Crippen molar-refractivity contribution in [2.75, 3.05) is 19.8 Å². The van der Waals surface area contributed by atoms with Crippen LogP contribution in [0.2, 0.25) is 0 Å². The number of benzene rings is 3. The first kappa shape index (κ1) is 20.3. The van der Waals surface area contributed by atoms with Crippen LogP contribution in [0.5, 0.6) is 17.2 Å². The summed E-state index contributed by atoms with van der Waals surface area (Å²) in [7, 11) is 0. The molecule has 4 aliphatic heterocycles. The van der Waals surface area contributed by atoms with Gasteiger partial charge in [0.1, 0.15) is 19.0 Å². The third-order valence-electron chi connectivity index (χ3n) is 7.57. The van der Waals surface area contributed by atoms with Crippen molar-refractivity contribution in [3.63, 3.8) is 0 Å². The Morgan fingerprint density at radius 3 is 2.71 bits per heavy atom. The fourth-order valence-electron chi connectivity index (χ4n) is 5.88. The molecule has 0 aromatic heterocycles. The number of allylic oxidation sites excluding steroid dienone is 1. The van der Waals surface area contributed by atoms with Crippen LogP contribution in [0, 0.1) is 5.92 Å². The number of thioether (sulfide) groups is 1. The second-order valence-corrected chi connectivity index (χ2v) is 11.0. The molecule has 4 aliphatic rings. The van der Waals surface area contributed by atoms with Crippen LogP contribution < -0.4 is 14.2 Å². The van der Waals surface area contributed by atoms with E-state index in [1.54, 1.807) is 11.8 Å². The van der Waals surface area contributed by atoms with Crippen LogP contribution in [-0.4, -0.2) is 35.4 Å². The smallest absolute Gasteiger partial charge is 0.170 e. The molecule has 0 saturated heterocycles. The van der Waals surface area contributed by atoms with E-state index in [0.717, 1.165) is 28.0 Å². The molecule has 6 heteroatoms. The summed E-state index contributed by atoms with van der Waals surface area (Å²) in [6.45, 7) is 8.62. The van der Waals surface area contributed by atoms with Crippen LogP contribution in [0.15, 0.2) is 64.5 Å². The summed E-state index contributed by atoms with van der Waals surface area (Å²) in [5, 5.41) is 3.51. The molecule has 0 amide bonds. The lowest BCUT2D eigenvalue weighted by atomic mass is 9.74. The topological polar surface area (TPSA) is 43.3 Å². The summed E-state index contributed by atoms with van der Waals surface area (Å²) in [5.74, 6) is 2.81. The number of para-hydroxylation sites is 1. The summed E-state index contributed by atoms with van der Waals surface area (Å²) < 4.78 is 18.4. The number of nitrogens with zero attached hydrogens (tertiary/aromatic N) is 2. The minimum Gasteiger partial charge on any atom is -0.493 e. The molecular formula is C28H26N2O3S. The SMILES string of the molecule is CC1=C(c2cccc3c2OCCO3)N2C(=N[C@@H]3c4c(ccc5ccccc45)OC[C@@H]3C2(C)C)S1. The summed E-state index contributed by atoms with van der Waals surface area (Å²) in [4.78, 5) is 9.05. The number of amidine groups is 1. The van der Waals surface area contributed by atoms with E-state index in [2.05, 4.69) is 74.2 Å². The summed E-state index contributed by atoms with van der Waals surface area (Å²) in [6.07, 6.45) is 0. The Morgan fingerprint density at radius 2 is 1.79 bits per heavy atom. The van der Waals surface area contributed by atoms with E-state index in [1.165, 1.54) is 26.9 Å². The minimum atomic E-state index is -0.214. The van der Waals surface area contributed by atoms with Crippen molar-refractivity contribution in [3.8, 4) is 17.2 Å². The van der Waals surface area contributed by atoms with E-state index in [4.69, 9.17) is 19.2 Å².